The third kappa shape index (κ3) is 5.78. The molecule has 2 aromatic carbocycles. The number of amides is 1. The summed E-state index contributed by atoms with van der Waals surface area (Å²) in [7, 11) is 0. The highest BCUT2D eigenvalue weighted by molar-refractivity contribution is 5.81. The van der Waals surface area contributed by atoms with Crippen molar-refractivity contribution in [3.8, 4) is 0 Å². The average molecular weight is 378 g/mol. The van der Waals surface area contributed by atoms with Crippen molar-refractivity contribution < 1.29 is 4.79 Å². The summed E-state index contributed by atoms with van der Waals surface area (Å²) in [5.74, 6) is 0.105. The molecule has 0 bridgehead atoms. The summed E-state index contributed by atoms with van der Waals surface area (Å²) in [5.41, 5.74) is 2.37. The van der Waals surface area contributed by atoms with Crippen LogP contribution in [0, 0.1) is 0 Å². The van der Waals surface area contributed by atoms with Gasteiger partial charge in [-0.05, 0) is 25.0 Å². The second-order valence-electron chi connectivity index (χ2n) is 7.47. The molecule has 1 fully saturated rings. The van der Waals surface area contributed by atoms with Crippen molar-refractivity contribution in [3.63, 3.8) is 0 Å². The molecule has 4 nitrogen and oxygen atoms in total. The van der Waals surface area contributed by atoms with E-state index in [1.807, 2.05) is 38.1 Å². The molecule has 1 saturated heterocycles. The minimum Gasteiger partial charge on any atom is -0.348 e. The smallest absolute Gasteiger partial charge is 0.237 e. The Balaban J connectivity index is 1.42. The van der Waals surface area contributed by atoms with Gasteiger partial charge in [0.1, 0.15) is 0 Å². The molecule has 3 rings (SSSR count). The second kappa shape index (κ2) is 10.2. The molecule has 148 valence electrons. The number of hydrogen-bond acceptors (Lipinski definition) is 3. The van der Waals surface area contributed by atoms with Gasteiger partial charge in [0.25, 0.3) is 0 Å². The van der Waals surface area contributed by atoms with E-state index in [9.17, 15) is 4.79 Å². The highest BCUT2D eigenvalue weighted by Crippen LogP contribution is 2.13. The maximum absolute atomic E-state index is 12.7. The van der Waals surface area contributed by atoms with Gasteiger partial charge in [-0.15, -0.1) is 0 Å². The van der Waals surface area contributed by atoms with E-state index in [1.54, 1.807) is 0 Å². The predicted octanol–water partition coefficient (Wildman–Crippen LogP) is 3.58. The topological polar surface area (TPSA) is 35.6 Å². The lowest BCUT2D eigenvalue weighted by Gasteiger charge is -2.37. The van der Waals surface area contributed by atoms with Crippen LogP contribution >= 0.6 is 0 Å². The zero-order valence-electron chi connectivity index (χ0n) is 16.9. The number of carbonyl (C=O) groups is 1. The summed E-state index contributed by atoms with van der Waals surface area (Å²) in [6.07, 6.45) is 4.40. The van der Waals surface area contributed by atoms with Crippen LogP contribution < -0.4 is 5.32 Å². The molecule has 1 aliphatic heterocycles. The Labute approximate surface area is 168 Å². The number of rotatable bonds is 7. The first-order valence-corrected chi connectivity index (χ1v) is 10.2. The van der Waals surface area contributed by atoms with Crippen LogP contribution in [0.2, 0.25) is 0 Å². The number of hydrogen-bond donors (Lipinski definition) is 1. The Hall–Kier alpha value is -2.43. The monoisotopic (exact) mass is 377 g/mol. The standard InChI is InChI=1S/C24H31N3O/c1-20(23-13-7-4-8-14-23)25-24(28)21(2)27-18-16-26(17-19-27)15-9-12-22-10-5-3-6-11-22/h3-14,20-21H,15-19H2,1-2H3,(H,25,28)/b12-9+/t20-,21-/m0/s1. The minimum atomic E-state index is -0.104. The first kappa shape index (κ1) is 20.3. The lowest BCUT2D eigenvalue weighted by Crippen LogP contribution is -2.54. The molecule has 0 saturated carbocycles. The van der Waals surface area contributed by atoms with Crippen molar-refractivity contribution in [1.82, 2.24) is 15.1 Å². The van der Waals surface area contributed by atoms with Gasteiger partial charge in [0.15, 0.2) is 0 Å². The summed E-state index contributed by atoms with van der Waals surface area (Å²) in [5, 5.41) is 3.15. The number of nitrogens with zero attached hydrogens (tertiary/aromatic N) is 2. The summed E-state index contributed by atoms with van der Waals surface area (Å²) >= 11 is 0. The molecule has 0 aliphatic carbocycles. The van der Waals surface area contributed by atoms with Gasteiger partial charge in [-0.2, -0.15) is 0 Å². The molecule has 1 amide bonds. The van der Waals surface area contributed by atoms with Gasteiger partial charge in [-0.1, -0.05) is 72.8 Å². The van der Waals surface area contributed by atoms with E-state index >= 15 is 0 Å². The zero-order chi connectivity index (χ0) is 19.8. The van der Waals surface area contributed by atoms with Crippen molar-refractivity contribution in [1.29, 1.82) is 0 Å². The molecule has 1 N–H and O–H groups in total. The van der Waals surface area contributed by atoms with Crippen LogP contribution in [0.15, 0.2) is 66.7 Å². The van der Waals surface area contributed by atoms with Crippen LogP contribution in [-0.4, -0.2) is 54.5 Å². The summed E-state index contributed by atoms with van der Waals surface area (Å²) in [4.78, 5) is 17.4. The van der Waals surface area contributed by atoms with Gasteiger partial charge in [-0.3, -0.25) is 14.6 Å². The van der Waals surface area contributed by atoms with Gasteiger partial charge in [-0.25, -0.2) is 0 Å². The van der Waals surface area contributed by atoms with Crippen molar-refractivity contribution >= 4 is 12.0 Å². The van der Waals surface area contributed by atoms with Crippen LogP contribution in [-0.2, 0) is 4.79 Å². The van der Waals surface area contributed by atoms with Crippen LogP contribution in [0.5, 0.6) is 0 Å². The third-order valence-corrected chi connectivity index (χ3v) is 5.47. The Bertz CT molecular complexity index is 752. The van der Waals surface area contributed by atoms with Gasteiger partial charge < -0.3 is 5.32 Å². The van der Waals surface area contributed by atoms with E-state index in [0.29, 0.717) is 0 Å². The fourth-order valence-electron chi connectivity index (χ4n) is 3.56. The number of carbonyl (C=O) groups excluding carboxylic acids is 1. The lowest BCUT2D eigenvalue weighted by molar-refractivity contribution is -0.127. The normalized spacial score (nSPS) is 18.1. The van der Waals surface area contributed by atoms with Crippen LogP contribution in [0.1, 0.15) is 31.0 Å². The second-order valence-corrected chi connectivity index (χ2v) is 7.47. The molecule has 1 heterocycles. The summed E-state index contributed by atoms with van der Waals surface area (Å²) in [6, 6.07) is 20.4. The Morgan fingerprint density at radius 3 is 2.21 bits per heavy atom. The van der Waals surface area contributed by atoms with E-state index in [-0.39, 0.29) is 18.0 Å². The van der Waals surface area contributed by atoms with Gasteiger partial charge >= 0.3 is 0 Å². The molecule has 0 spiro atoms. The van der Waals surface area contributed by atoms with Crippen LogP contribution in [0.3, 0.4) is 0 Å². The van der Waals surface area contributed by atoms with Gasteiger partial charge in [0.05, 0.1) is 12.1 Å². The highest BCUT2D eigenvalue weighted by atomic mass is 16.2. The van der Waals surface area contributed by atoms with E-state index in [1.165, 1.54) is 5.56 Å². The van der Waals surface area contributed by atoms with Gasteiger partial charge in [0.2, 0.25) is 5.91 Å². The average Bonchev–Trinajstić information content (AvgIpc) is 2.75. The Kier molecular flexibility index (Phi) is 7.40. The first-order chi connectivity index (χ1) is 13.6. The molecule has 0 aromatic heterocycles. The van der Waals surface area contributed by atoms with Crippen molar-refractivity contribution in [2.24, 2.45) is 0 Å². The van der Waals surface area contributed by atoms with E-state index < -0.39 is 0 Å². The summed E-state index contributed by atoms with van der Waals surface area (Å²) in [6.45, 7) is 8.83. The van der Waals surface area contributed by atoms with E-state index in [0.717, 1.165) is 38.3 Å². The molecule has 0 radical (unpaired) electrons. The van der Waals surface area contributed by atoms with E-state index in [2.05, 4.69) is 63.7 Å². The molecule has 0 unspecified atom stereocenters. The van der Waals surface area contributed by atoms with E-state index in [4.69, 9.17) is 0 Å². The van der Waals surface area contributed by atoms with Crippen molar-refractivity contribution in [2.45, 2.75) is 25.9 Å². The largest absolute Gasteiger partial charge is 0.348 e. The molecule has 4 heteroatoms. The number of nitrogens with one attached hydrogen (secondary N) is 1. The lowest BCUT2D eigenvalue weighted by atomic mass is 10.1. The maximum atomic E-state index is 12.7. The quantitative estimate of drug-likeness (QED) is 0.801. The molecular formula is C24H31N3O. The fourth-order valence-corrected chi connectivity index (χ4v) is 3.56. The Morgan fingerprint density at radius 1 is 0.964 bits per heavy atom. The Morgan fingerprint density at radius 2 is 1.57 bits per heavy atom. The molecular weight excluding hydrogens is 346 g/mol. The number of benzene rings is 2. The number of piperazine rings is 1. The SMILES string of the molecule is C[C@H](NC(=O)[C@H](C)N1CCN(C/C=C/c2ccccc2)CC1)c1ccccc1. The first-order valence-electron chi connectivity index (χ1n) is 10.2. The van der Waals surface area contributed by atoms with Crippen LogP contribution in [0.25, 0.3) is 6.08 Å². The maximum Gasteiger partial charge on any atom is 0.237 e. The fraction of sp³-hybridized carbons (Fsp3) is 0.375. The molecule has 28 heavy (non-hydrogen) atoms. The molecule has 2 aromatic rings. The predicted molar refractivity (Wildman–Crippen MR) is 116 cm³/mol. The summed E-state index contributed by atoms with van der Waals surface area (Å²) < 4.78 is 0. The molecule has 1 aliphatic rings. The zero-order valence-corrected chi connectivity index (χ0v) is 16.9. The van der Waals surface area contributed by atoms with Gasteiger partial charge in [0, 0.05) is 32.7 Å². The van der Waals surface area contributed by atoms with Crippen molar-refractivity contribution in [2.75, 3.05) is 32.7 Å². The third-order valence-electron chi connectivity index (χ3n) is 5.47. The molecule has 2 atom stereocenters. The van der Waals surface area contributed by atoms with Crippen LogP contribution in [0.4, 0.5) is 0 Å². The highest BCUT2D eigenvalue weighted by Gasteiger charge is 2.26. The minimum absolute atomic E-state index is 0.0283. The van der Waals surface area contributed by atoms with Crippen molar-refractivity contribution in [3.05, 3.63) is 77.9 Å².